The van der Waals surface area contributed by atoms with Gasteiger partial charge in [-0.3, -0.25) is 0 Å². The molecule has 2 heteroatoms. The summed E-state index contributed by atoms with van der Waals surface area (Å²) in [6.07, 6.45) is 3.33. The summed E-state index contributed by atoms with van der Waals surface area (Å²) < 4.78 is 4.57. The largest absolute Gasteiger partial charge is 0.486 e. The third-order valence-electron chi connectivity index (χ3n) is 0.295. The Balaban J connectivity index is 2.66. The Bertz CT molecular complexity index is 42.8. The maximum absolute atomic E-state index is 5.11. The maximum atomic E-state index is 5.11. The van der Waals surface area contributed by atoms with Crippen molar-refractivity contribution >= 4 is 11.6 Å². The third kappa shape index (κ3) is 3.83. The number of rotatable bonds is 2. The van der Waals surface area contributed by atoms with Crippen molar-refractivity contribution in [2.75, 3.05) is 6.07 Å². The summed E-state index contributed by atoms with van der Waals surface area (Å²) in [5.41, 5.74) is 0. The zero-order valence-corrected chi connectivity index (χ0v) is 4.40. The van der Waals surface area contributed by atoms with Gasteiger partial charge in [0.05, 0.1) is 6.26 Å². The fourth-order valence-electron chi connectivity index (χ4n) is 0.133. The second kappa shape index (κ2) is 4.83. The van der Waals surface area contributed by atoms with Gasteiger partial charge in [0.25, 0.3) is 0 Å². The second-order valence-corrected chi connectivity index (χ2v) is 0.963. The molecular formula is C4H7ClO. The number of hydrogen-bond acceptors (Lipinski definition) is 1. The standard InChI is InChI=1S/C4H7ClO/c1-2-3-6-4-5/h2-3H,4H2,1H3/b3-2+. The highest BCUT2D eigenvalue weighted by Crippen LogP contribution is 1.78. The first-order valence-electron chi connectivity index (χ1n) is 1.70. The van der Waals surface area contributed by atoms with Crippen molar-refractivity contribution in [1.82, 2.24) is 0 Å². The van der Waals surface area contributed by atoms with E-state index in [1.54, 1.807) is 12.3 Å². The highest BCUT2D eigenvalue weighted by atomic mass is 35.5. The molecule has 36 valence electrons. The van der Waals surface area contributed by atoms with Crippen molar-refractivity contribution < 1.29 is 4.74 Å². The van der Waals surface area contributed by atoms with Crippen LogP contribution in [0.15, 0.2) is 12.3 Å². The lowest BCUT2D eigenvalue weighted by molar-refractivity contribution is 0.312. The summed E-state index contributed by atoms with van der Waals surface area (Å²) in [5.74, 6) is 0. The number of allylic oxidation sites excluding steroid dienone is 1. The number of ether oxygens (including phenoxy) is 1. The van der Waals surface area contributed by atoms with Crippen LogP contribution in [0.25, 0.3) is 0 Å². The molecule has 0 bridgehead atoms. The van der Waals surface area contributed by atoms with Gasteiger partial charge < -0.3 is 4.74 Å². The van der Waals surface area contributed by atoms with Crippen LogP contribution in [0.5, 0.6) is 0 Å². The molecule has 6 heavy (non-hydrogen) atoms. The molecule has 1 nitrogen and oxygen atoms in total. The quantitative estimate of drug-likeness (QED) is 0.385. The van der Waals surface area contributed by atoms with Crippen molar-refractivity contribution in [1.29, 1.82) is 0 Å². The van der Waals surface area contributed by atoms with Gasteiger partial charge in [-0.2, -0.15) is 0 Å². The van der Waals surface area contributed by atoms with Gasteiger partial charge in [0.15, 0.2) is 6.07 Å². The molecule has 0 spiro atoms. The zero-order valence-electron chi connectivity index (χ0n) is 3.65. The minimum atomic E-state index is 0.240. The molecule has 0 atom stereocenters. The normalized spacial score (nSPS) is 9.67. The Morgan fingerprint density at radius 2 is 2.50 bits per heavy atom. The van der Waals surface area contributed by atoms with Crippen LogP contribution in [0, 0.1) is 0 Å². The average molecular weight is 107 g/mol. The van der Waals surface area contributed by atoms with Gasteiger partial charge in [-0.1, -0.05) is 17.7 Å². The van der Waals surface area contributed by atoms with Crippen LogP contribution in [0.2, 0.25) is 0 Å². The van der Waals surface area contributed by atoms with Crippen molar-refractivity contribution in [2.24, 2.45) is 0 Å². The smallest absolute Gasteiger partial charge is 0.161 e. The van der Waals surface area contributed by atoms with Crippen LogP contribution < -0.4 is 0 Å². The van der Waals surface area contributed by atoms with Gasteiger partial charge in [0.2, 0.25) is 0 Å². The zero-order chi connectivity index (χ0) is 4.83. The van der Waals surface area contributed by atoms with Crippen LogP contribution in [0.4, 0.5) is 0 Å². The molecule has 0 aromatic heterocycles. The Kier molecular flexibility index (Phi) is 4.69. The first-order valence-corrected chi connectivity index (χ1v) is 2.24. The predicted molar refractivity (Wildman–Crippen MR) is 26.6 cm³/mol. The number of halogens is 1. The van der Waals surface area contributed by atoms with Gasteiger partial charge in [0.1, 0.15) is 0 Å². The van der Waals surface area contributed by atoms with Gasteiger partial charge in [-0.25, -0.2) is 0 Å². The van der Waals surface area contributed by atoms with E-state index in [4.69, 9.17) is 11.6 Å². The first-order chi connectivity index (χ1) is 2.91. The lowest BCUT2D eigenvalue weighted by Gasteiger charge is -1.84. The molecular weight excluding hydrogens is 99.5 g/mol. The van der Waals surface area contributed by atoms with E-state index in [1.165, 1.54) is 0 Å². The Morgan fingerprint density at radius 1 is 1.83 bits per heavy atom. The summed E-state index contributed by atoms with van der Waals surface area (Å²) in [4.78, 5) is 0. The Morgan fingerprint density at radius 3 is 2.67 bits per heavy atom. The third-order valence-corrected chi connectivity index (χ3v) is 0.421. The predicted octanol–water partition coefficient (Wildman–Crippen LogP) is 1.73. The van der Waals surface area contributed by atoms with Crippen LogP contribution in [-0.2, 0) is 4.74 Å². The molecule has 0 aliphatic carbocycles. The number of alkyl halides is 1. The SMILES string of the molecule is C/C=C/OCCl. The minimum Gasteiger partial charge on any atom is -0.486 e. The van der Waals surface area contributed by atoms with Crippen molar-refractivity contribution in [3.63, 3.8) is 0 Å². The van der Waals surface area contributed by atoms with Crippen molar-refractivity contribution in [3.05, 3.63) is 12.3 Å². The lowest BCUT2D eigenvalue weighted by Crippen LogP contribution is -1.69. The Hall–Kier alpha value is -0.170. The van der Waals surface area contributed by atoms with E-state index >= 15 is 0 Å². The fourth-order valence-corrected chi connectivity index (χ4v) is 0.205. The van der Waals surface area contributed by atoms with E-state index in [-0.39, 0.29) is 6.07 Å². The summed E-state index contributed by atoms with van der Waals surface area (Å²) in [7, 11) is 0. The molecule has 0 unspecified atom stereocenters. The van der Waals surface area contributed by atoms with Gasteiger partial charge in [0, 0.05) is 0 Å². The second-order valence-electron chi connectivity index (χ2n) is 0.745. The summed E-state index contributed by atoms with van der Waals surface area (Å²) in [6, 6.07) is 0.240. The summed E-state index contributed by atoms with van der Waals surface area (Å²) >= 11 is 5.11. The molecule has 0 radical (unpaired) electrons. The molecule has 0 heterocycles. The topological polar surface area (TPSA) is 9.23 Å². The first kappa shape index (κ1) is 5.83. The number of hydrogen-bond donors (Lipinski definition) is 0. The van der Waals surface area contributed by atoms with E-state index in [9.17, 15) is 0 Å². The molecule has 0 aliphatic heterocycles. The maximum Gasteiger partial charge on any atom is 0.161 e. The molecule has 0 saturated carbocycles. The minimum absolute atomic E-state index is 0.240. The molecule has 0 aliphatic rings. The van der Waals surface area contributed by atoms with Crippen LogP contribution in [0.1, 0.15) is 6.92 Å². The summed E-state index contributed by atoms with van der Waals surface area (Å²) in [6.45, 7) is 1.87. The summed E-state index contributed by atoms with van der Waals surface area (Å²) in [5, 5.41) is 0. The monoisotopic (exact) mass is 106 g/mol. The van der Waals surface area contributed by atoms with Crippen molar-refractivity contribution in [2.45, 2.75) is 6.92 Å². The molecule has 0 aromatic carbocycles. The molecule has 0 amide bonds. The molecule has 0 fully saturated rings. The van der Waals surface area contributed by atoms with Crippen LogP contribution in [-0.4, -0.2) is 6.07 Å². The fraction of sp³-hybridized carbons (Fsp3) is 0.500. The lowest BCUT2D eigenvalue weighted by atomic mass is 10.7. The molecule has 0 rings (SSSR count). The van der Waals surface area contributed by atoms with E-state index in [0.717, 1.165) is 0 Å². The van der Waals surface area contributed by atoms with E-state index in [1.807, 2.05) is 6.92 Å². The molecule has 0 saturated heterocycles. The molecule has 0 aromatic rings. The van der Waals surface area contributed by atoms with E-state index < -0.39 is 0 Å². The van der Waals surface area contributed by atoms with Gasteiger partial charge >= 0.3 is 0 Å². The van der Waals surface area contributed by atoms with Crippen LogP contribution in [0.3, 0.4) is 0 Å². The average Bonchev–Trinajstić information content (AvgIpc) is 1.61. The van der Waals surface area contributed by atoms with E-state index in [2.05, 4.69) is 4.74 Å². The highest BCUT2D eigenvalue weighted by Gasteiger charge is 1.62. The highest BCUT2D eigenvalue weighted by molar-refractivity contribution is 6.17. The Labute approximate surface area is 42.6 Å². The van der Waals surface area contributed by atoms with Gasteiger partial charge in [-0.15, -0.1) is 0 Å². The van der Waals surface area contributed by atoms with Crippen LogP contribution >= 0.6 is 11.6 Å². The van der Waals surface area contributed by atoms with E-state index in [0.29, 0.717) is 0 Å². The van der Waals surface area contributed by atoms with Crippen molar-refractivity contribution in [3.8, 4) is 0 Å². The molecule has 0 N–H and O–H groups in total. The van der Waals surface area contributed by atoms with Gasteiger partial charge in [-0.05, 0) is 6.92 Å².